The SMILES string of the molecule is COC(=O)[C@H](C)NP(=O)(OC[C@H]1O[C@@H](n2cnc3c(=O)[nH]c(N)nc32)[C@](C)(O)[C@@H]1O)Oc1ccccc1. The van der Waals surface area contributed by atoms with Crippen LogP contribution in [0.3, 0.4) is 0 Å². The van der Waals surface area contributed by atoms with Crippen LogP contribution in [-0.4, -0.2) is 73.3 Å². The maximum absolute atomic E-state index is 13.6. The van der Waals surface area contributed by atoms with Crippen molar-refractivity contribution in [1.82, 2.24) is 24.6 Å². The van der Waals surface area contributed by atoms with Crippen molar-refractivity contribution in [3.63, 3.8) is 0 Å². The summed E-state index contributed by atoms with van der Waals surface area (Å²) in [5.74, 6) is -0.705. The van der Waals surface area contributed by atoms with Gasteiger partial charge in [0.15, 0.2) is 17.4 Å². The summed E-state index contributed by atoms with van der Waals surface area (Å²) < 4.78 is 36.4. The number of nitrogens with two attached hydrogens (primary N) is 1. The lowest BCUT2D eigenvalue weighted by Crippen LogP contribution is -2.44. The van der Waals surface area contributed by atoms with Crippen LogP contribution in [0.25, 0.3) is 11.2 Å². The maximum Gasteiger partial charge on any atom is 0.459 e. The van der Waals surface area contributed by atoms with Gasteiger partial charge in [-0.1, -0.05) is 18.2 Å². The number of anilines is 1. The van der Waals surface area contributed by atoms with Gasteiger partial charge >= 0.3 is 13.7 Å². The number of rotatable bonds is 9. The summed E-state index contributed by atoms with van der Waals surface area (Å²) in [7, 11) is -3.06. The second-order valence-electron chi connectivity index (χ2n) is 8.54. The number of carbonyl (C=O) groups excluding carboxylic acids is 1. The highest BCUT2D eigenvalue weighted by atomic mass is 31.2. The number of nitrogens with zero attached hydrogens (tertiary/aromatic N) is 3. The number of methoxy groups -OCH3 is 1. The van der Waals surface area contributed by atoms with E-state index >= 15 is 0 Å². The molecule has 0 spiro atoms. The number of para-hydroxylation sites is 1. The Bertz CT molecular complexity index is 1380. The number of aliphatic hydroxyl groups excluding tert-OH is 1. The molecule has 1 aromatic carbocycles. The zero-order valence-corrected chi connectivity index (χ0v) is 21.0. The maximum atomic E-state index is 13.6. The van der Waals surface area contributed by atoms with Gasteiger partial charge in [-0.25, -0.2) is 9.55 Å². The number of nitrogen functional groups attached to an aromatic ring is 1. The monoisotopic (exact) mass is 538 g/mol. The Morgan fingerprint density at radius 1 is 1.41 bits per heavy atom. The van der Waals surface area contributed by atoms with Crippen molar-refractivity contribution < 1.29 is 38.1 Å². The Kier molecular flexibility index (Phi) is 7.37. The summed E-state index contributed by atoms with van der Waals surface area (Å²) in [5, 5.41) is 24.4. The van der Waals surface area contributed by atoms with Crippen LogP contribution in [0.15, 0.2) is 41.5 Å². The molecule has 200 valence electrons. The first kappa shape index (κ1) is 26.7. The summed E-state index contributed by atoms with van der Waals surface area (Å²) in [6.45, 7) is 2.19. The molecule has 3 aromatic rings. The quantitative estimate of drug-likeness (QED) is 0.180. The van der Waals surface area contributed by atoms with E-state index in [1.165, 1.54) is 44.0 Å². The van der Waals surface area contributed by atoms with Crippen molar-refractivity contribution in [2.45, 2.75) is 43.9 Å². The molecule has 37 heavy (non-hydrogen) atoms. The molecule has 1 aliphatic heterocycles. The zero-order valence-electron chi connectivity index (χ0n) is 20.1. The number of ether oxygens (including phenoxy) is 2. The Morgan fingerprint density at radius 2 is 2.11 bits per heavy atom. The topological polar surface area (TPSA) is 213 Å². The van der Waals surface area contributed by atoms with Gasteiger partial charge in [-0.3, -0.25) is 23.7 Å². The molecule has 1 fully saturated rings. The fourth-order valence-corrected chi connectivity index (χ4v) is 5.34. The minimum absolute atomic E-state index is 0.0203. The third-order valence-corrected chi connectivity index (χ3v) is 7.39. The number of aromatic nitrogens is 4. The van der Waals surface area contributed by atoms with Crippen molar-refractivity contribution in [2.75, 3.05) is 19.5 Å². The van der Waals surface area contributed by atoms with Crippen molar-refractivity contribution >= 4 is 30.8 Å². The second kappa shape index (κ2) is 10.2. The summed E-state index contributed by atoms with van der Waals surface area (Å²) >= 11 is 0. The minimum Gasteiger partial charge on any atom is -0.468 e. The second-order valence-corrected chi connectivity index (χ2v) is 10.2. The van der Waals surface area contributed by atoms with Crippen LogP contribution in [0, 0.1) is 0 Å². The Hall–Kier alpha value is -3.33. The van der Waals surface area contributed by atoms with E-state index < -0.39 is 56.0 Å². The van der Waals surface area contributed by atoms with Gasteiger partial charge in [0.2, 0.25) is 5.95 Å². The molecule has 0 bridgehead atoms. The van der Waals surface area contributed by atoms with Crippen molar-refractivity contribution in [3.8, 4) is 5.75 Å². The highest BCUT2D eigenvalue weighted by molar-refractivity contribution is 7.52. The molecule has 16 heteroatoms. The van der Waals surface area contributed by atoms with Crippen LogP contribution in [-0.2, 0) is 23.4 Å². The first-order valence-electron chi connectivity index (χ1n) is 11.1. The first-order chi connectivity index (χ1) is 17.4. The van der Waals surface area contributed by atoms with E-state index in [1.807, 2.05) is 0 Å². The van der Waals surface area contributed by atoms with E-state index in [4.69, 9.17) is 19.5 Å². The van der Waals surface area contributed by atoms with Gasteiger partial charge in [0.1, 0.15) is 29.6 Å². The van der Waals surface area contributed by atoms with E-state index in [0.29, 0.717) is 0 Å². The van der Waals surface area contributed by atoms with Crippen LogP contribution >= 0.6 is 7.75 Å². The highest BCUT2D eigenvalue weighted by Gasteiger charge is 2.54. The molecule has 6 N–H and O–H groups in total. The standard InChI is InChI=1S/C21H27N6O9P/c1-11(18(30)33-3)26-37(32,36-12-7-5-4-6-8-12)34-9-13-15(28)21(2,31)19(35-13)27-10-23-14-16(27)24-20(22)25-17(14)29/h4-8,10-11,13,15,19,28,31H,9H2,1-3H3,(H,26,32)(H3,22,24,25,29)/t11-,13+,15+,19+,21+,37?/m0/s1. The summed E-state index contributed by atoms with van der Waals surface area (Å²) in [5.41, 5.74) is 3.09. The Balaban J connectivity index is 1.57. The van der Waals surface area contributed by atoms with Crippen molar-refractivity contribution in [1.29, 1.82) is 0 Å². The predicted molar refractivity (Wildman–Crippen MR) is 128 cm³/mol. The number of aromatic amines is 1. The van der Waals surface area contributed by atoms with E-state index in [1.54, 1.807) is 18.2 Å². The third-order valence-electron chi connectivity index (χ3n) is 5.74. The van der Waals surface area contributed by atoms with Crippen LogP contribution in [0.4, 0.5) is 5.95 Å². The van der Waals surface area contributed by atoms with Crippen LogP contribution < -0.4 is 20.9 Å². The van der Waals surface area contributed by atoms with Gasteiger partial charge < -0.3 is 29.9 Å². The number of benzene rings is 1. The van der Waals surface area contributed by atoms with Crippen LogP contribution in [0.5, 0.6) is 5.75 Å². The number of fused-ring (bicyclic) bond motifs is 1. The summed E-state index contributed by atoms with van der Waals surface area (Å²) in [4.78, 5) is 34.4. The lowest BCUT2D eigenvalue weighted by atomic mass is 9.96. The smallest absolute Gasteiger partial charge is 0.459 e. The van der Waals surface area contributed by atoms with E-state index in [0.717, 1.165) is 0 Å². The Labute approximate surface area is 210 Å². The molecule has 4 rings (SSSR count). The number of aliphatic hydroxyl groups is 2. The molecule has 1 aliphatic rings. The van der Waals surface area contributed by atoms with Gasteiger partial charge in [-0.15, -0.1) is 0 Å². The number of hydrogen-bond donors (Lipinski definition) is 5. The van der Waals surface area contributed by atoms with Gasteiger partial charge in [-0.2, -0.15) is 10.1 Å². The van der Waals surface area contributed by atoms with Gasteiger partial charge in [0, 0.05) is 0 Å². The lowest BCUT2D eigenvalue weighted by molar-refractivity contribution is -0.142. The largest absolute Gasteiger partial charge is 0.468 e. The van der Waals surface area contributed by atoms with Gasteiger partial charge in [0.05, 0.1) is 20.0 Å². The minimum atomic E-state index is -4.23. The summed E-state index contributed by atoms with van der Waals surface area (Å²) in [6.07, 6.45) is -2.83. The molecule has 1 saturated heterocycles. The molecular formula is C21H27N6O9P. The first-order valence-corrected chi connectivity index (χ1v) is 12.6. The zero-order chi connectivity index (χ0) is 27.0. The van der Waals surface area contributed by atoms with Gasteiger partial charge in [-0.05, 0) is 26.0 Å². The molecule has 6 atom stereocenters. The number of esters is 1. The highest BCUT2D eigenvalue weighted by Crippen LogP contribution is 2.47. The van der Waals surface area contributed by atoms with E-state index in [-0.39, 0.29) is 22.9 Å². The lowest BCUT2D eigenvalue weighted by Gasteiger charge is -2.27. The Morgan fingerprint density at radius 3 is 2.78 bits per heavy atom. The molecule has 15 nitrogen and oxygen atoms in total. The van der Waals surface area contributed by atoms with Gasteiger partial charge in [0.25, 0.3) is 5.56 Å². The van der Waals surface area contributed by atoms with E-state index in [2.05, 4.69) is 24.8 Å². The average Bonchev–Trinajstić information content (AvgIpc) is 3.36. The molecule has 1 unspecified atom stereocenters. The summed E-state index contributed by atoms with van der Waals surface area (Å²) in [6, 6.07) is 7.02. The molecule has 0 amide bonds. The predicted octanol–water partition coefficient (Wildman–Crippen LogP) is 0.0659. The molecule has 0 saturated carbocycles. The molecule has 0 aliphatic carbocycles. The van der Waals surface area contributed by atoms with Crippen LogP contribution in [0.2, 0.25) is 0 Å². The fraction of sp³-hybridized carbons (Fsp3) is 0.429. The fourth-order valence-electron chi connectivity index (χ4n) is 3.84. The normalized spacial score (nSPS) is 26.0. The molecule has 0 radical (unpaired) electrons. The molecule has 3 heterocycles. The number of imidazole rings is 1. The number of carbonyl (C=O) groups is 1. The van der Waals surface area contributed by atoms with Crippen molar-refractivity contribution in [3.05, 3.63) is 47.0 Å². The molecular weight excluding hydrogens is 511 g/mol. The molecule has 2 aromatic heterocycles. The number of hydrogen-bond acceptors (Lipinski definition) is 12. The number of H-pyrrole nitrogens is 1. The van der Waals surface area contributed by atoms with Crippen LogP contribution in [0.1, 0.15) is 20.1 Å². The third kappa shape index (κ3) is 5.37. The number of nitrogens with one attached hydrogen (secondary N) is 2. The van der Waals surface area contributed by atoms with Crippen molar-refractivity contribution in [2.24, 2.45) is 0 Å². The average molecular weight is 538 g/mol. The van der Waals surface area contributed by atoms with E-state index in [9.17, 15) is 24.4 Å².